The standard InChI is InChI=1S/C9H13N5/c1-14-8-7(3-2-5-11-8)13-9(14)12-6-4-10/h2-3,5H,4,6,10H2,1H3,(H,12,13). The van der Waals surface area contributed by atoms with E-state index in [9.17, 15) is 0 Å². The Morgan fingerprint density at radius 3 is 3.14 bits per heavy atom. The van der Waals surface area contributed by atoms with E-state index in [0.717, 1.165) is 23.7 Å². The van der Waals surface area contributed by atoms with Crippen molar-refractivity contribution >= 4 is 17.1 Å². The Kier molecular flexibility index (Phi) is 2.32. The van der Waals surface area contributed by atoms with Gasteiger partial charge in [-0.3, -0.25) is 4.57 Å². The Morgan fingerprint density at radius 2 is 2.43 bits per heavy atom. The van der Waals surface area contributed by atoms with E-state index in [-0.39, 0.29) is 0 Å². The molecular formula is C9H13N5. The van der Waals surface area contributed by atoms with Gasteiger partial charge in [-0.25, -0.2) is 9.97 Å². The smallest absolute Gasteiger partial charge is 0.204 e. The zero-order chi connectivity index (χ0) is 9.97. The van der Waals surface area contributed by atoms with Crippen LogP contribution in [0.15, 0.2) is 18.3 Å². The molecule has 0 bridgehead atoms. The summed E-state index contributed by atoms with van der Waals surface area (Å²) in [6, 6.07) is 3.82. The van der Waals surface area contributed by atoms with E-state index in [1.807, 2.05) is 23.7 Å². The first-order valence-corrected chi connectivity index (χ1v) is 4.54. The highest BCUT2D eigenvalue weighted by Gasteiger charge is 2.06. The molecule has 0 aliphatic rings. The van der Waals surface area contributed by atoms with Crippen LogP contribution in [0, 0.1) is 0 Å². The first-order valence-electron chi connectivity index (χ1n) is 4.54. The summed E-state index contributed by atoms with van der Waals surface area (Å²) in [6.45, 7) is 1.31. The maximum Gasteiger partial charge on any atom is 0.204 e. The predicted octanol–water partition coefficient (Wildman–Crippen LogP) is 0.339. The van der Waals surface area contributed by atoms with E-state index in [4.69, 9.17) is 5.73 Å². The van der Waals surface area contributed by atoms with Crippen LogP contribution in [0.2, 0.25) is 0 Å². The van der Waals surface area contributed by atoms with E-state index in [2.05, 4.69) is 15.3 Å². The lowest BCUT2D eigenvalue weighted by atomic mass is 10.4. The maximum absolute atomic E-state index is 5.41. The third-order valence-corrected chi connectivity index (χ3v) is 2.06. The number of nitrogens with two attached hydrogens (primary N) is 1. The van der Waals surface area contributed by atoms with Crippen molar-refractivity contribution in [3.8, 4) is 0 Å². The molecule has 0 unspecified atom stereocenters. The lowest BCUT2D eigenvalue weighted by Gasteiger charge is -2.02. The normalized spacial score (nSPS) is 10.7. The largest absolute Gasteiger partial charge is 0.354 e. The fourth-order valence-corrected chi connectivity index (χ4v) is 1.37. The molecule has 5 nitrogen and oxygen atoms in total. The van der Waals surface area contributed by atoms with Gasteiger partial charge in [0, 0.05) is 26.3 Å². The van der Waals surface area contributed by atoms with Crippen LogP contribution in [-0.2, 0) is 7.05 Å². The summed E-state index contributed by atoms with van der Waals surface area (Å²) in [5, 5.41) is 3.14. The van der Waals surface area contributed by atoms with Crippen molar-refractivity contribution in [2.45, 2.75) is 0 Å². The zero-order valence-electron chi connectivity index (χ0n) is 8.07. The topological polar surface area (TPSA) is 68.8 Å². The lowest BCUT2D eigenvalue weighted by molar-refractivity contribution is 0.905. The lowest BCUT2D eigenvalue weighted by Crippen LogP contribution is -2.15. The summed E-state index contributed by atoms with van der Waals surface area (Å²) in [6.07, 6.45) is 1.76. The van der Waals surface area contributed by atoms with Crippen molar-refractivity contribution in [1.29, 1.82) is 0 Å². The van der Waals surface area contributed by atoms with E-state index in [1.54, 1.807) is 6.20 Å². The van der Waals surface area contributed by atoms with Gasteiger partial charge >= 0.3 is 0 Å². The monoisotopic (exact) mass is 191 g/mol. The van der Waals surface area contributed by atoms with Gasteiger partial charge in [0.05, 0.1) is 0 Å². The second-order valence-corrected chi connectivity index (χ2v) is 3.06. The van der Waals surface area contributed by atoms with Gasteiger partial charge in [0.15, 0.2) is 5.65 Å². The Labute approximate surface area is 82.0 Å². The molecule has 0 saturated heterocycles. The molecule has 5 heteroatoms. The van der Waals surface area contributed by atoms with E-state index < -0.39 is 0 Å². The van der Waals surface area contributed by atoms with Gasteiger partial charge in [-0.2, -0.15) is 0 Å². The van der Waals surface area contributed by atoms with Crippen LogP contribution in [0.25, 0.3) is 11.2 Å². The maximum atomic E-state index is 5.41. The number of aromatic nitrogens is 3. The number of nitrogens with zero attached hydrogens (tertiary/aromatic N) is 3. The summed E-state index contributed by atoms with van der Waals surface area (Å²) in [4.78, 5) is 8.62. The molecule has 2 heterocycles. The number of anilines is 1. The Balaban J connectivity index is 2.41. The molecule has 0 saturated carbocycles. The number of pyridine rings is 1. The summed E-state index contributed by atoms with van der Waals surface area (Å²) in [5.41, 5.74) is 7.18. The molecule has 0 aromatic carbocycles. The van der Waals surface area contributed by atoms with Gasteiger partial charge in [0.2, 0.25) is 5.95 Å². The molecule has 0 fully saturated rings. The highest BCUT2D eigenvalue weighted by molar-refractivity contribution is 5.74. The van der Waals surface area contributed by atoms with Gasteiger partial charge < -0.3 is 11.1 Å². The van der Waals surface area contributed by atoms with Crippen molar-refractivity contribution in [2.24, 2.45) is 12.8 Å². The van der Waals surface area contributed by atoms with Crippen molar-refractivity contribution in [3.63, 3.8) is 0 Å². The molecule has 0 atom stereocenters. The van der Waals surface area contributed by atoms with Crippen LogP contribution in [0.4, 0.5) is 5.95 Å². The third kappa shape index (κ3) is 1.42. The highest BCUT2D eigenvalue weighted by Crippen LogP contribution is 2.14. The molecule has 74 valence electrons. The molecular weight excluding hydrogens is 178 g/mol. The average Bonchev–Trinajstić information content (AvgIpc) is 2.54. The summed E-state index contributed by atoms with van der Waals surface area (Å²) in [5.74, 6) is 0.809. The predicted molar refractivity (Wildman–Crippen MR) is 56.1 cm³/mol. The van der Waals surface area contributed by atoms with Crippen LogP contribution < -0.4 is 11.1 Å². The first kappa shape index (κ1) is 8.96. The fraction of sp³-hybridized carbons (Fsp3) is 0.333. The Morgan fingerprint density at radius 1 is 1.57 bits per heavy atom. The van der Waals surface area contributed by atoms with Crippen LogP contribution in [0.1, 0.15) is 0 Å². The molecule has 0 spiro atoms. The third-order valence-electron chi connectivity index (χ3n) is 2.06. The number of imidazole rings is 1. The average molecular weight is 191 g/mol. The SMILES string of the molecule is Cn1c(NCCN)nc2cccnc21. The van der Waals surface area contributed by atoms with Crippen molar-refractivity contribution in [2.75, 3.05) is 18.4 Å². The van der Waals surface area contributed by atoms with Crippen molar-refractivity contribution in [3.05, 3.63) is 18.3 Å². The minimum absolute atomic E-state index is 0.594. The molecule has 3 N–H and O–H groups in total. The summed E-state index contributed by atoms with van der Waals surface area (Å²) >= 11 is 0. The number of aryl methyl sites for hydroxylation is 1. The van der Waals surface area contributed by atoms with Gasteiger partial charge in [0.25, 0.3) is 0 Å². The van der Waals surface area contributed by atoms with Gasteiger partial charge in [-0.15, -0.1) is 0 Å². The molecule has 2 rings (SSSR count). The van der Waals surface area contributed by atoms with Crippen molar-refractivity contribution < 1.29 is 0 Å². The van der Waals surface area contributed by atoms with Crippen LogP contribution in [-0.4, -0.2) is 27.6 Å². The molecule has 0 radical (unpaired) electrons. The van der Waals surface area contributed by atoms with E-state index in [1.165, 1.54) is 0 Å². The van der Waals surface area contributed by atoms with Gasteiger partial charge in [-0.05, 0) is 12.1 Å². The summed E-state index contributed by atoms with van der Waals surface area (Å²) in [7, 11) is 1.93. The molecule has 2 aromatic heterocycles. The minimum Gasteiger partial charge on any atom is -0.354 e. The number of rotatable bonds is 3. The van der Waals surface area contributed by atoms with Crippen LogP contribution in [0.3, 0.4) is 0 Å². The van der Waals surface area contributed by atoms with Gasteiger partial charge in [-0.1, -0.05) is 0 Å². The number of hydrogen-bond donors (Lipinski definition) is 2. The zero-order valence-corrected chi connectivity index (χ0v) is 8.07. The van der Waals surface area contributed by atoms with Crippen LogP contribution >= 0.6 is 0 Å². The van der Waals surface area contributed by atoms with E-state index >= 15 is 0 Å². The highest BCUT2D eigenvalue weighted by atomic mass is 15.2. The quantitative estimate of drug-likeness (QED) is 0.734. The molecule has 14 heavy (non-hydrogen) atoms. The molecule has 0 amide bonds. The second kappa shape index (κ2) is 3.63. The fourth-order valence-electron chi connectivity index (χ4n) is 1.37. The summed E-state index contributed by atoms with van der Waals surface area (Å²) < 4.78 is 1.92. The number of nitrogens with one attached hydrogen (secondary N) is 1. The molecule has 0 aliphatic heterocycles. The molecule has 0 aliphatic carbocycles. The van der Waals surface area contributed by atoms with Crippen molar-refractivity contribution in [1.82, 2.24) is 14.5 Å². The first-order chi connectivity index (χ1) is 6.83. The number of hydrogen-bond acceptors (Lipinski definition) is 4. The van der Waals surface area contributed by atoms with Crippen LogP contribution in [0.5, 0.6) is 0 Å². The second-order valence-electron chi connectivity index (χ2n) is 3.06. The Hall–Kier alpha value is -1.62. The minimum atomic E-state index is 0.594. The van der Waals surface area contributed by atoms with Gasteiger partial charge in [0.1, 0.15) is 5.52 Å². The molecule has 2 aromatic rings. The number of fused-ring (bicyclic) bond motifs is 1. The van der Waals surface area contributed by atoms with E-state index in [0.29, 0.717) is 6.54 Å². The Bertz CT molecular complexity index is 434.